The molecule has 2 N–H and O–H groups in total. The Hall–Kier alpha value is -0.120. The first kappa shape index (κ1) is 6.99. The van der Waals surface area contributed by atoms with E-state index in [1.807, 2.05) is 0 Å². The summed E-state index contributed by atoms with van der Waals surface area (Å²) in [6.07, 6.45) is 3.23. The second-order valence-corrected chi connectivity index (χ2v) is 2.49. The number of hydrogen-bond donors (Lipinski definition) is 2. The molecule has 0 bridgehead atoms. The predicted molar refractivity (Wildman–Crippen MR) is 33.0 cm³/mol. The van der Waals surface area contributed by atoms with E-state index in [0.29, 0.717) is 13.0 Å². The molecule has 1 heterocycles. The van der Waals surface area contributed by atoms with Gasteiger partial charge in [-0.3, -0.25) is 0 Å². The Kier molecular flexibility index (Phi) is 2.45. The molecule has 0 aromatic rings. The van der Waals surface area contributed by atoms with Crippen LogP contribution in [0, 0.1) is 0 Å². The molecule has 1 fully saturated rings. The van der Waals surface area contributed by atoms with Crippen molar-refractivity contribution in [3.63, 3.8) is 0 Å². The van der Waals surface area contributed by atoms with Crippen LogP contribution in [0.2, 0.25) is 0 Å². The smallest absolute Gasteiger partial charge is 0.129 e. The highest BCUT2D eigenvalue weighted by Gasteiger charge is 2.14. The first-order chi connectivity index (χ1) is 4.30. The molecule has 0 aromatic heterocycles. The topological polar surface area (TPSA) is 43.7 Å². The van der Waals surface area contributed by atoms with E-state index in [0.717, 1.165) is 24.3 Å². The molecule has 54 valence electrons. The summed E-state index contributed by atoms with van der Waals surface area (Å²) in [6, 6.07) is 0. The third-order valence-corrected chi connectivity index (χ3v) is 1.69. The third-order valence-electron chi connectivity index (χ3n) is 1.69. The number of nitrogens with zero attached hydrogens (tertiary/aromatic N) is 1. The van der Waals surface area contributed by atoms with Gasteiger partial charge in [-0.2, -0.15) is 5.06 Å². The van der Waals surface area contributed by atoms with Gasteiger partial charge >= 0.3 is 0 Å². The summed E-state index contributed by atoms with van der Waals surface area (Å²) in [5, 5.41) is 19.0. The first-order valence-electron chi connectivity index (χ1n) is 3.44. The lowest BCUT2D eigenvalue weighted by molar-refractivity contribution is -0.193. The average molecular weight is 131 g/mol. The van der Waals surface area contributed by atoms with Gasteiger partial charge < -0.3 is 10.3 Å². The maximum Gasteiger partial charge on any atom is 0.129 e. The second kappa shape index (κ2) is 3.15. The van der Waals surface area contributed by atoms with Crippen molar-refractivity contribution in [2.24, 2.45) is 0 Å². The molecule has 1 rings (SSSR count). The molecule has 0 spiro atoms. The summed E-state index contributed by atoms with van der Waals surface area (Å²) in [5.41, 5.74) is 0. The minimum Gasteiger partial charge on any atom is -0.376 e. The summed E-state index contributed by atoms with van der Waals surface area (Å²) in [7, 11) is 0. The average Bonchev–Trinajstić information content (AvgIpc) is 1.99. The summed E-state index contributed by atoms with van der Waals surface area (Å²) >= 11 is 0. The fourth-order valence-corrected chi connectivity index (χ4v) is 1.08. The van der Waals surface area contributed by atoms with Gasteiger partial charge in [0.25, 0.3) is 0 Å². The van der Waals surface area contributed by atoms with Gasteiger partial charge in [0.05, 0.1) is 0 Å². The molecule has 0 amide bonds. The summed E-state index contributed by atoms with van der Waals surface area (Å²) < 4.78 is 0. The monoisotopic (exact) mass is 131 g/mol. The second-order valence-electron chi connectivity index (χ2n) is 2.49. The minimum atomic E-state index is -0.618. The lowest BCUT2D eigenvalue weighted by Crippen LogP contribution is -2.30. The van der Waals surface area contributed by atoms with Crippen molar-refractivity contribution in [2.45, 2.75) is 31.9 Å². The van der Waals surface area contributed by atoms with Crippen LogP contribution in [0.5, 0.6) is 0 Å². The fourth-order valence-electron chi connectivity index (χ4n) is 1.08. The molecule has 1 aliphatic heterocycles. The molecule has 1 atom stereocenters. The minimum absolute atomic E-state index is 0.612. The van der Waals surface area contributed by atoms with Crippen molar-refractivity contribution < 1.29 is 10.3 Å². The maximum absolute atomic E-state index is 9.03. The van der Waals surface area contributed by atoms with Gasteiger partial charge in [0, 0.05) is 6.54 Å². The molecule has 1 unspecified atom stereocenters. The number of hydroxylamine groups is 2. The molecule has 0 saturated carbocycles. The van der Waals surface area contributed by atoms with Crippen molar-refractivity contribution >= 4 is 0 Å². The molecule has 0 aliphatic carbocycles. The summed E-state index contributed by atoms with van der Waals surface area (Å²) in [6.45, 7) is 0.612. The van der Waals surface area contributed by atoms with E-state index in [1.165, 1.54) is 0 Å². The van der Waals surface area contributed by atoms with E-state index in [2.05, 4.69) is 0 Å². The van der Waals surface area contributed by atoms with Crippen LogP contribution in [0.3, 0.4) is 0 Å². The molecule has 0 radical (unpaired) electrons. The van der Waals surface area contributed by atoms with Gasteiger partial charge in [-0.25, -0.2) is 0 Å². The molecule has 0 aromatic carbocycles. The van der Waals surface area contributed by atoms with Gasteiger partial charge in [0.1, 0.15) is 6.23 Å². The van der Waals surface area contributed by atoms with E-state index in [4.69, 9.17) is 10.3 Å². The van der Waals surface area contributed by atoms with Crippen LogP contribution in [0.15, 0.2) is 0 Å². The first-order valence-corrected chi connectivity index (χ1v) is 3.44. The van der Waals surface area contributed by atoms with Crippen LogP contribution in [-0.4, -0.2) is 28.1 Å². The number of aliphatic hydroxyl groups excluding tert-OH is 1. The van der Waals surface area contributed by atoms with Crippen molar-refractivity contribution in [3.8, 4) is 0 Å². The van der Waals surface area contributed by atoms with Crippen molar-refractivity contribution in [1.82, 2.24) is 5.06 Å². The van der Waals surface area contributed by atoms with Gasteiger partial charge in [-0.1, -0.05) is 6.42 Å². The summed E-state index contributed by atoms with van der Waals surface area (Å²) in [5.74, 6) is 0. The molecule has 9 heavy (non-hydrogen) atoms. The molecular formula is C6H13NO2. The predicted octanol–water partition coefficient (Wildman–Crippen LogP) is 0.570. The number of hydrogen-bond acceptors (Lipinski definition) is 3. The molecule has 1 aliphatic rings. The van der Waals surface area contributed by atoms with Crippen LogP contribution in [0.25, 0.3) is 0 Å². The summed E-state index contributed by atoms with van der Waals surface area (Å²) in [4.78, 5) is 0. The molecule has 3 heteroatoms. The van der Waals surface area contributed by atoms with E-state index < -0.39 is 6.23 Å². The van der Waals surface area contributed by atoms with Crippen LogP contribution in [0.4, 0.5) is 0 Å². The quantitative estimate of drug-likeness (QED) is 0.505. The Bertz CT molecular complexity index is 77.1. The Morgan fingerprint density at radius 2 is 2.00 bits per heavy atom. The third kappa shape index (κ3) is 1.93. The lowest BCUT2D eigenvalue weighted by atomic mass is 10.2. The normalized spacial score (nSPS) is 32.0. The maximum atomic E-state index is 9.03. The number of aliphatic hydroxyl groups is 1. The zero-order chi connectivity index (χ0) is 6.69. The van der Waals surface area contributed by atoms with Gasteiger partial charge in [-0.15, -0.1) is 0 Å². The van der Waals surface area contributed by atoms with Gasteiger partial charge in [0.2, 0.25) is 0 Å². The van der Waals surface area contributed by atoms with E-state index in [1.54, 1.807) is 0 Å². The van der Waals surface area contributed by atoms with E-state index >= 15 is 0 Å². The van der Waals surface area contributed by atoms with Crippen LogP contribution in [0.1, 0.15) is 25.7 Å². The van der Waals surface area contributed by atoms with Gasteiger partial charge in [-0.05, 0) is 19.3 Å². The largest absolute Gasteiger partial charge is 0.376 e. The van der Waals surface area contributed by atoms with E-state index in [-0.39, 0.29) is 0 Å². The van der Waals surface area contributed by atoms with Crippen molar-refractivity contribution in [2.75, 3.05) is 6.54 Å². The lowest BCUT2D eigenvalue weighted by Gasteiger charge is -2.16. The standard InChI is InChI=1S/C6H13NO2/c8-6-4-2-1-3-5-7(6)9/h6,8-9H,1-5H2. The highest BCUT2D eigenvalue weighted by molar-refractivity contribution is 4.58. The van der Waals surface area contributed by atoms with Crippen molar-refractivity contribution in [3.05, 3.63) is 0 Å². The Labute approximate surface area is 54.9 Å². The Morgan fingerprint density at radius 3 is 2.78 bits per heavy atom. The Balaban J connectivity index is 2.32. The zero-order valence-electron chi connectivity index (χ0n) is 5.45. The SMILES string of the molecule is OC1CCCCCN1O. The van der Waals surface area contributed by atoms with Crippen LogP contribution in [-0.2, 0) is 0 Å². The number of rotatable bonds is 0. The van der Waals surface area contributed by atoms with Crippen LogP contribution >= 0.6 is 0 Å². The van der Waals surface area contributed by atoms with Crippen LogP contribution < -0.4 is 0 Å². The van der Waals surface area contributed by atoms with Gasteiger partial charge in [0.15, 0.2) is 0 Å². The molecular weight excluding hydrogens is 118 g/mol. The van der Waals surface area contributed by atoms with Crippen molar-refractivity contribution in [1.29, 1.82) is 0 Å². The highest BCUT2D eigenvalue weighted by atomic mass is 16.5. The highest BCUT2D eigenvalue weighted by Crippen LogP contribution is 2.11. The Morgan fingerprint density at radius 1 is 1.22 bits per heavy atom. The zero-order valence-corrected chi connectivity index (χ0v) is 5.45. The fraction of sp³-hybridized carbons (Fsp3) is 1.00. The molecule has 1 saturated heterocycles. The van der Waals surface area contributed by atoms with E-state index in [9.17, 15) is 0 Å². The molecule has 3 nitrogen and oxygen atoms in total.